The van der Waals surface area contributed by atoms with E-state index in [1.165, 1.54) is 57.8 Å². The Labute approximate surface area is 108 Å². The standard InChI is InChI=1S/C16H30O/c1-2-3-4-5-6-7-8-9-10-11-12-13-14-15-16-17/h11-12,16H,2-10,13-15H2,1H3. The molecule has 0 aromatic rings. The molecule has 0 saturated heterocycles. The third kappa shape index (κ3) is 15.4. The van der Waals surface area contributed by atoms with Gasteiger partial charge in [-0.3, -0.25) is 0 Å². The first-order chi connectivity index (χ1) is 8.41. The lowest BCUT2D eigenvalue weighted by molar-refractivity contribution is -0.107. The molecule has 0 amide bonds. The van der Waals surface area contributed by atoms with E-state index in [0.717, 1.165) is 19.1 Å². The second-order valence-corrected chi connectivity index (χ2v) is 4.83. The molecule has 0 radical (unpaired) electrons. The fourth-order valence-corrected chi connectivity index (χ4v) is 1.95. The van der Waals surface area contributed by atoms with Crippen LogP contribution in [0.1, 0.15) is 84.0 Å². The molecule has 0 aromatic heterocycles. The smallest absolute Gasteiger partial charge is 0.120 e. The number of carbonyl (C=O) groups excluding carboxylic acids is 1. The lowest BCUT2D eigenvalue weighted by atomic mass is 10.1. The molecule has 0 aliphatic rings. The van der Waals surface area contributed by atoms with Crippen LogP contribution in [0.3, 0.4) is 0 Å². The SMILES string of the molecule is CCCCCCCCCCC=CCCCC=O. The van der Waals surface area contributed by atoms with Crippen molar-refractivity contribution in [1.82, 2.24) is 0 Å². The van der Waals surface area contributed by atoms with Crippen molar-refractivity contribution in [3.8, 4) is 0 Å². The third-order valence-electron chi connectivity index (χ3n) is 3.08. The van der Waals surface area contributed by atoms with E-state index in [4.69, 9.17) is 0 Å². The van der Waals surface area contributed by atoms with Crippen molar-refractivity contribution in [2.75, 3.05) is 0 Å². The Morgan fingerprint density at radius 3 is 1.76 bits per heavy atom. The molecule has 1 heteroatoms. The Balaban J connectivity index is 3.00. The van der Waals surface area contributed by atoms with Gasteiger partial charge in [-0.2, -0.15) is 0 Å². The predicted octanol–water partition coefficient (Wildman–Crippen LogP) is 5.44. The summed E-state index contributed by atoms with van der Waals surface area (Å²) in [5.41, 5.74) is 0. The number of hydrogen-bond acceptors (Lipinski definition) is 1. The Morgan fingerprint density at radius 1 is 0.647 bits per heavy atom. The summed E-state index contributed by atoms with van der Waals surface area (Å²) in [4.78, 5) is 10.1. The highest BCUT2D eigenvalue weighted by atomic mass is 16.1. The van der Waals surface area contributed by atoms with E-state index >= 15 is 0 Å². The molecule has 100 valence electrons. The second kappa shape index (κ2) is 15.4. The molecule has 0 fully saturated rings. The predicted molar refractivity (Wildman–Crippen MR) is 76.3 cm³/mol. The van der Waals surface area contributed by atoms with Gasteiger partial charge in [-0.1, -0.05) is 64.0 Å². The van der Waals surface area contributed by atoms with E-state index in [9.17, 15) is 4.79 Å². The van der Waals surface area contributed by atoms with Crippen molar-refractivity contribution in [3.05, 3.63) is 12.2 Å². The Morgan fingerprint density at radius 2 is 1.18 bits per heavy atom. The minimum atomic E-state index is 0.710. The molecule has 0 aliphatic heterocycles. The van der Waals surface area contributed by atoms with Crippen molar-refractivity contribution < 1.29 is 4.79 Å². The molecule has 0 spiro atoms. The lowest BCUT2D eigenvalue weighted by Crippen LogP contribution is -1.80. The maximum absolute atomic E-state index is 10.1. The molecule has 0 rings (SSSR count). The molecule has 0 bridgehead atoms. The maximum atomic E-state index is 10.1. The van der Waals surface area contributed by atoms with Gasteiger partial charge in [0.2, 0.25) is 0 Å². The summed E-state index contributed by atoms with van der Waals surface area (Å²) in [5, 5.41) is 0. The average Bonchev–Trinajstić information content (AvgIpc) is 2.35. The lowest BCUT2D eigenvalue weighted by Gasteiger charge is -1.99. The molecule has 0 aromatic carbocycles. The zero-order valence-corrected chi connectivity index (χ0v) is 11.6. The van der Waals surface area contributed by atoms with Crippen molar-refractivity contribution in [2.45, 2.75) is 84.0 Å². The fraction of sp³-hybridized carbons (Fsp3) is 0.812. The minimum Gasteiger partial charge on any atom is -0.303 e. The van der Waals surface area contributed by atoms with E-state index in [1.807, 2.05) is 0 Å². The van der Waals surface area contributed by atoms with Crippen LogP contribution in [0.25, 0.3) is 0 Å². The highest BCUT2D eigenvalue weighted by Crippen LogP contribution is 2.09. The van der Waals surface area contributed by atoms with Gasteiger partial charge in [-0.15, -0.1) is 0 Å². The van der Waals surface area contributed by atoms with E-state index in [-0.39, 0.29) is 0 Å². The molecule has 0 saturated carbocycles. The molecular weight excluding hydrogens is 208 g/mol. The molecule has 1 nitrogen and oxygen atoms in total. The quantitative estimate of drug-likeness (QED) is 0.237. The van der Waals surface area contributed by atoms with Gasteiger partial charge < -0.3 is 4.79 Å². The molecule has 0 N–H and O–H groups in total. The average molecular weight is 238 g/mol. The highest BCUT2D eigenvalue weighted by molar-refractivity contribution is 5.48. The van der Waals surface area contributed by atoms with E-state index in [0.29, 0.717) is 6.42 Å². The zero-order valence-electron chi connectivity index (χ0n) is 11.6. The van der Waals surface area contributed by atoms with Gasteiger partial charge >= 0.3 is 0 Å². The first-order valence-electron chi connectivity index (χ1n) is 7.50. The summed E-state index contributed by atoms with van der Waals surface area (Å²) in [7, 11) is 0. The summed E-state index contributed by atoms with van der Waals surface area (Å²) in [6.45, 7) is 2.27. The number of unbranched alkanes of at least 4 members (excludes halogenated alkanes) is 10. The fourth-order valence-electron chi connectivity index (χ4n) is 1.95. The molecule has 0 atom stereocenters. The van der Waals surface area contributed by atoms with Crippen LogP contribution in [0.2, 0.25) is 0 Å². The summed E-state index contributed by atoms with van der Waals surface area (Å²) in [5.74, 6) is 0. The zero-order chi connectivity index (χ0) is 12.6. The normalized spacial score (nSPS) is 11.1. The van der Waals surface area contributed by atoms with Gasteiger partial charge in [0.25, 0.3) is 0 Å². The Hall–Kier alpha value is -0.590. The van der Waals surface area contributed by atoms with Crippen molar-refractivity contribution >= 4 is 6.29 Å². The second-order valence-electron chi connectivity index (χ2n) is 4.83. The van der Waals surface area contributed by atoms with Crippen molar-refractivity contribution in [3.63, 3.8) is 0 Å². The van der Waals surface area contributed by atoms with Crippen molar-refractivity contribution in [2.24, 2.45) is 0 Å². The summed E-state index contributed by atoms with van der Waals surface area (Å²) < 4.78 is 0. The first-order valence-corrected chi connectivity index (χ1v) is 7.50. The van der Waals surface area contributed by atoms with Crippen LogP contribution in [-0.4, -0.2) is 6.29 Å². The van der Waals surface area contributed by atoms with E-state index in [1.54, 1.807) is 0 Å². The van der Waals surface area contributed by atoms with Gasteiger partial charge in [-0.25, -0.2) is 0 Å². The van der Waals surface area contributed by atoms with Gasteiger partial charge in [0.1, 0.15) is 6.29 Å². The van der Waals surface area contributed by atoms with Crippen molar-refractivity contribution in [1.29, 1.82) is 0 Å². The number of aldehydes is 1. The van der Waals surface area contributed by atoms with Crippen LogP contribution in [0.5, 0.6) is 0 Å². The summed E-state index contributed by atoms with van der Waals surface area (Å²) >= 11 is 0. The van der Waals surface area contributed by atoms with Gasteiger partial charge in [0.15, 0.2) is 0 Å². The maximum Gasteiger partial charge on any atom is 0.120 e. The Kier molecular flexibility index (Phi) is 14.9. The molecule has 17 heavy (non-hydrogen) atoms. The topological polar surface area (TPSA) is 17.1 Å². The monoisotopic (exact) mass is 238 g/mol. The molecular formula is C16H30O. The minimum absolute atomic E-state index is 0.710. The van der Waals surface area contributed by atoms with Crippen LogP contribution >= 0.6 is 0 Å². The van der Waals surface area contributed by atoms with Crippen LogP contribution < -0.4 is 0 Å². The third-order valence-corrected chi connectivity index (χ3v) is 3.08. The van der Waals surface area contributed by atoms with Crippen LogP contribution in [0.4, 0.5) is 0 Å². The first kappa shape index (κ1) is 16.4. The summed E-state index contributed by atoms with van der Waals surface area (Å²) in [6, 6.07) is 0. The van der Waals surface area contributed by atoms with Gasteiger partial charge in [0.05, 0.1) is 0 Å². The van der Waals surface area contributed by atoms with Gasteiger partial charge in [0, 0.05) is 6.42 Å². The van der Waals surface area contributed by atoms with Crippen LogP contribution in [0.15, 0.2) is 12.2 Å². The summed E-state index contributed by atoms with van der Waals surface area (Å²) in [6.07, 6.45) is 20.7. The van der Waals surface area contributed by atoms with E-state index < -0.39 is 0 Å². The number of hydrogen-bond donors (Lipinski definition) is 0. The number of rotatable bonds is 13. The Bertz CT molecular complexity index is 172. The van der Waals surface area contributed by atoms with Crippen LogP contribution in [-0.2, 0) is 4.79 Å². The highest BCUT2D eigenvalue weighted by Gasteiger charge is 1.90. The molecule has 0 heterocycles. The number of allylic oxidation sites excluding steroid dienone is 2. The molecule has 0 aliphatic carbocycles. The van der Waals surface area contributed by atoms with Crippen LogP contribution in [0, 0.1) is 0 Å². The molecule has 0 unspecified atom stereocenters. The van der Waals surface area contributed by atoms with E-state index in [2.05, 4.69) is 19.1 Å². The van der Waals surface area contributed by atoms with Gasteiger partial charge in [-0.05, 0) is 25.7 Å². The number of carbonyl (C=O) groups is 1. The largest absolute Gasteiger partial charge is 0.303 e.